The summed E-state index contributed by atoms with van der Waals surface area (Å²) in [6.07, 6.45) is 5.94. The highest BCUT2D eigenvalue weighted by molar-refractivity contribution is 7.92. The number of hydrogen-bond acceptors (Lipinski definition) is 7. The van der Waals surface area contributed by atoms with E-state index in [0.717, 1.165) is 12.1 Å². The number of aromatic nitrogens is 4. The average Bonchev–Trinajstić information content (AvgIpc) is 3.25. The molecule has 3 aromatic heterocycles. The number of benzene rings is 1. The molecule has 0 saturated heterocycles. The van der Waals surface area contributed by atoms with Gasteiger partial charge in [-0.3, -0.25) is 9.52 Å². The van der Waals surface area contributed by atoms with E-state index in [2.05, 4.69) is 19.9 Å². The zero-order chi connectivity index (χ0) is 24.5. The fourth-order valence-corrected chi connectivity index (χ4v) is 4.46. The third kappa shape index (κ3) is 4.33. The molecule has 172 valence electrons. The Balaban J connectivity index is 1.76. The van der Waals surface area contributed by atoms with Crippen LogP contribution in [-0.2, 0) is 10.0 Å². The predicted octanol–water partition coefficient (Wildman–Crippen LogP) is 3.55. The quantitative estimate of drug-likeness (QED) is 0.384. The molecule has 3 heterocycles. The first-order valence-electron chi connectivity index (χ1n) is 9.97. The number of carbonyl (C=O) groups excluding carboxylic acids is 1. The lowest BCUT2D eigenvalue weighted by atomic mass is 10.0. The number of fused-ring (bicyclic) bond motifs is 1. The summed E-state index contributed by atoms with van der Waals surface area (Å²) >= 11 is 0. The van der Waals surface area contributed by atoms with Gasteiger partial charge in [0.1, 0.15) is 23.2 Å². The minimum absolute atomic E-state index is 0.00699. The second kappa shape index (κ2) is 8.95. The van der Waals surface area contributed by atoms with Crippen molar-refractivity contribution in [3.63, 3.8) is 0 Å². The molecule has 4 rings (SSSR count). The number of nitrogens with one attached hydrogen (secondary N) is 2. The van der Waals surface area contributed by atoms with Gasteiger partial charge in [0.2, 0.25) is 15.8 Å². The van der Waals surface area contributed by atoms with E-state index in [1.807, 2.05) is 10.8 Å². The maximum Gasteiger partial charge on any atom is 0.232 e. The molecular formula is C22H16F2N6O3S. The fourth-order valence-electron chi connectivity index (χ4n) is 3.33. The van der Waals surface area contributed by atoms with Crippen LogP contribution in [0.3, 0.4) is 0 Å². The standard InChI is InChI=1S/C22H16F2N6O3S/c1-2-5-34(32,33)30-20-17(23)4-3-14(19(20)24)21(31)16-11-29-22-15(16)6-12(8-28-22)13-9-26-18(7-25)27-10-13/h3-4,6,8-11,30H,2,5H2,1H3,(H,28,29). The first kappa shape index (κ1) is 22.9. The molecule has 0 saturated carbocycles. The molecule has 0 bridgehead atoms. The number of H-pyrrole nitrogens is 1. The SMILES string of the molecule is CCCS(=O)(=O)Nc1c(F)ccc(C(=O)c2c[nH]c3ncc(-c4cnc(C#N)nc4)cc23)c1F. The van der Waals surface area contributed by atoms with Gasteiger partial charge in [0, 0.05) is 46.9 Å². The van der Waals surface area contributed by atoms with Gasteiger partial charge < -0.3 is 4.98 Å². The molecule has 9 nitrogen and oxygen atoms in total. The lowest BCUT2D eigenvalue weighted by molar-refractivity contribution is 0.103. The summed E-state index contributed by atoms with van der Waals surface area (Å²) in [5.74, 6) is -3.59. The number of rotatable bonds is 7. The summed E-state index contributed by atoms with van der Waals surface area (Å²) in [7, 11) is -3.99. The van der Waals surface area contributed by atoms with Gasteiger partial charge in [-0.05, 0) is 24.6 Å². The first-order valence-corrected chi connectivity index (χ1v) is 11.6. The number of aromatic amines is 1. The number of carbonyl (C=O) groups is 1. The maximum atomic E-state index is 15.1. The number of hydrogen-bond donors (Lipinski definition) is 2. The lowest BCUT2D eigenvalue weighted by Gasteiger charge is -2.11. The van der Waals surface area contributed by atoms with Crippen molar-refractivity contribution < 1.29 is 22.0 Å². The van der Waals surface area contributed by atoms with Crippen LogP contribution in [0.4, 0.5) is 14.5 Å². The van der Waals surface area contributed by atoms with Crippen LogP contribution in [0, 0.1) is 23.0 Å². The van der Waals surface area contributed by atoms with E-state index in [1.54, 1.807) is 13.0 Å². The van der Waals surface area contributed by atoms with Crippen molar-refractivity contribution in [1.29, 1.82) is 5.26 Å². The van der Waals surface area contributed by atoms with E-state index >= 15 is 4.39 Å². The van der Waals surface area contributed by atoms with Crippen molar-refractivity contribution in [2.24, 2.45) is 0 Å². The molecule has 0 unspecified atom stereocenters. The molecule has 2 N–H and O–H groups in total. The van der Waals surface area contributed by atoms with Crippen molar-refractivity contribution in [3.8, 4) is 17.2 Å². The van der Waals surface area contributed by atoms with Gasteiger partial charge in [-0.1, -0.05) is 6.92 Å². The van der Waals surface area contributed by atoms with Crippen LogP contribution in [0.15, 0.2) is 43.0 Å². The number of halogens is 2. The Bertz CT molecular complexity index is 1560. The topological polar surface area (TPSA) is 141 Å². The van der Waals surface area contributed by atoms with E-state index in [4.69, 9.17) is 5.26 Å². The molecule has 34 heavy (non-hydrogen) atoms. The second-order valence-corrected chi connectivity index (χ2v) is 9.11. The molecule has 0 spiro atoms. The van der Waals surface area contributed by atoms with E-state index in [0.29, 0.717) is 22.2 Å². The molecule has 4 aromatic rings. The summed E-state index contributed by atoms with van der Waals surface area (Å²) in [5, 5.41) is 9.20. The lowest BCUT2D eigenvalue weighted by Crippen LogP contribution is -2.19. The number of nitrogens with zero attached hydrogens (tertiary/aromatic N) is 4. The minimum atomic E-state index is -3.99. The minimum Gasteiger partial charge on any atom is -0.345 e. The Labute approximate surface area is 192 Å². The van der Waals surface area contributed by atoms with Crippen molar-refractivity contribution in [2.75, 3.05) is 10.5 Å². The maximum absolute atomic E-state index is 15.1. The Morgan fingerprint density at radius 2 is 1.82 bits per heavy atom. The van der Waals surface area contributed by atoms with Gasteiger partial charge in [0.15, 0.2) is 11.6 Å². The predicted molar refractivity (Wildman–Crippen MR) is 119 cm³/mol. The number of sulfonamides is 1. The Kier molecular flexibility index (Phi) is 6.04. The molecular weight excluding hydrogens is 466 g/mol. The average molecular weight is 482 g/mol. The molecule has 1 aromatic carbocycles. The Morgan fingerprint density at radius 1 is 1.12 bits per heavy atom. The van der Waals surface area contributed by atoms with Gasteiger partial charge >= 0.3 is 0 Å². The van der Waals surface area contributed by atoms with E-state index in [1.165, 1.54) is 24.8 Å². The molecule has 0 fully saturated rings. The fraction of sp³-hybridized carbons (Fsp3) is 0.136. The van der Waals surface area contributed by atoms with Gasteiger partial charge in [0.05, 0.1) is 11.3 Å². The van der Waals surface area contributed by atoms with E-state index in [9.17, 15) is 17.6 Å². The highest BCUT2D eigenvalue weighted by Gasteiger charge is 2.25. The number of nitriles is 1. The molecule has 0 aliphatic carbocycles. The van der Waals surface area contributed by atoms with Crippen LogP contribution in [0.2, 0.25) is 0 Å². The van der Waals surface area contributed by atoms with Crippen molar-refractivity contribution in [2.45, 2.75) is 13.3 Å². The van der Waals surface area contributed by atoms with Crippen LogP contribution in [0.1, 0.15) is 35.1 Å². The van der Waals surface area contributed by atoms with Crippen LogP contribution in [-0.4, -0.2) is 39.9 Å². The third-order valence-corrected chi connectivity index (χ3v) is 6.39. The van der Waals surface area contributed by atoms with Crippen LogP contribution in [0.25, 0.3) is 22.2 Å². The highest BCUT2D eigenvalue weighted by Crippen LogP contribution is 2.29. The summed E-state index contributed by atoms with van der Waals surface area (Å²) in [6, 6.07) is 5.21. The molecule has 0 aliphatic rings. The highest BCUT2D eigenvalue weighted by atomic mass is 32.2. The number of ketones is 1. The normalized spacial score (nSPS) is 11.4. The third-order valence-electron chi connectivity index (χ3n) is 4.93. The summed E-state index contributed by atoms with van der Waals surface area (Å²) in [5.41, 5.74) is 0.0444. The Morgan fingerprint density at radius 3 is 2.50 bits per heavy atom. The largest absolute Gasteiger partial charge is 0.345 e. The van der Waals surface area contributed by atoms with Crippen LogP contribution in [0.5, 0.6) is 0 Å². The van der Waals surface area contributed by atoms with Crippen molar-refractivity contribution in [1.82, 2.24) is 19.9 Å². The molecule has 0 amide bonds. The van der Waals surface area contributed by atoms with Gasteiger partial charge in [-0.25, -0.2) is 32.2 Å². The van der Waals surface area contributed by atoms with Crippen molar-refractivity contribution >= 4 is 32.5 Å². The monoisotopic (exact) mass is 482 g/mol. The summed E-state index contributed by atoms with van der Waals surface area (Å²) in [6.45, 7) is 1.61. The van der Waals surface area contributed by atoms with Crippen LogP contribution < -0.4 is 4.72 Å². The van der Waals surface area contributed by atoms with Gasteiger partial charge in [-0.2, -0.15) is 5.26 Å². The first-order chi connectivity index (χ1) is 16.2. The molecule has 0 aliphatic heterocycles. The Hall–Kier alpha value is -4.24. The number of pyridine rings is 1. The van der Waals surface area contributed by atoms with Crippen molar-refractivity contribution in [3.05, 3.63) is 71.6 Å². The van der Waals surface area contributed by atoms with Gasteiger partial charge in [0.25, 0.3) is 0 Å². The molecule has 12 heteroatoms. The molecule has 0 radical (unpaired) electrons. The van der Waals surface area contributed by atoms with E-state index in [-0.39, 0.29) is 23.6 Å². The summed E-state index contributed by atoms with van der Waals surface area (Å²) in [4.78, 5) is 28.1. The number of anilines is 1. The summed E-state index contributed by atoms with van der Waals surface area (Å²) < 4.78 is 55.3. The second-order valence-electron chi connectivity index (χ2n) is 7.26. The zero-order valence-corrected chi connectivity index (χ0v) is 18.4. The smallest absolute Gasteiger partial charge is 0.232 e. The van der Waals surface area contributed by atoms with E-state index < -0.39 is 38.7 Å². The zero-order valence-electron chi connectivity index (χ0n) is 17.6. The van der Waals surface area contributed by atoms with Crippen LogP contribution >= 0.6 is 0 Å². The molecule has 0 atom stereocenters. The van der Waals surface area contributed by atoms with Gasteiger partial charge in [-0.15, -0.1) is 0 Å².